The van der Waals surface area contributed by atoms with Crippen molar-refractivity contribution in [3.8, 4) is 0 Å². The Labute approximate surface area is 157 Å². The Kier molecular flexibility index (Phi) is 15.7. The van der Waals surface area contributed by atoms with Crippen LogP contribution in [0.1, 0.15) is 58.3 Å². The van der Waals surface area contributed by atoms with Crippen LogP contribution < -0.4 is 0 Å². The summed E-state index contributed by atoms with van der Waals surface area (Å²) in [6.45, 7) is 2.06. The summed E-state index contributed by atoms with van der Waals surface area (Å²) < 4.78 is 0. The molecule has 0 fully saturated rings. The molecule has 0 aromatic rings. The third kappa shape index (κ3) is 17.9. The predicted octanol–water partition coefficient (Wildman–Crippen LogP) is 6.32. The third-order valence-electron chi connectivity index (χ3n) is 3.33. The topological polar surface area (TPSA) is 77.8 Å². The Morgan fingerprint density at radius 1 is 0.692 bits per heavy atom. The molecule has 0 aliphatic rings. The predicted molar refractivity (Wildman–Crippen MR) is 108 cm³/mol. The molecule has 26 heavy (non-hydrogen) atoms. The minimum Gasteiger partial charge on any atom is -0.512 e. The minimum atomic E-state index is -0.786. The van der Waals surface area contributed by atoms with Crippen LogP contribution in [0.4, 0.5) is 0 Å². The zero-order valence-electron chi connectivity index (χ0n) is 15.7. The van der Waals surface area contributed by atoms with E-state index in [0.717, 1.165) is 12.8 Å². The van der Waals surface area contributed by atoms with Crippen molar-refractivity contribution >= 4 is 5.97 Å². The van der Waals surface area contributed by atoms with Gasteiger partial charge in [0, 0.05) is 19.3 Å². The van der Waals surface area contributed by atoms with Crippen molar-refractivity contribution in [3.05, 3.63) is 72.3 Å². The molecule has 0 aliphatic heterocycles. The lowest BCUT2D eigenvalue weighted by Gasteiger charge is -1.94. The van der Waals surface area contributed by atoms with Gasteiger partial charge in [-0.1, -0.05) is 55.5 Å². The molecule has 4 heteroatoms. The minimum absolute atomic E-state index is 0.155. The molecule has 0 bridgehead atoms. The van der Waals surface area contributed by atoms with E-state index in [1.54, 1.807) is 12.2 Å². The maximum Gasteiger partial charge on any atom is 0.303 e. The number of aliphatic carboxylic acids is 1. The Balaban J connectivity index is 3.86. The zero-order valence-corrected chi connectivity index (χ0v) is 15.7. The SMILES string of the molecule is CC/C=C\C/C(O)=C/C/C=C\C/C=C(\O)C/C=C\C/C=C\CCC(=O)O. The highest BCUT2D eigenvalue weighted by Crippen LogP contribution is 2.04. The van der Waals surface area contributed by atoms with Crippen LogP contribution in [0.15, 0.2) is 72.3 Å². The molecule has 0 aromatic carbocycles. The zero-order chi connectivity index (χ0) is 19.5. The second-order valence-corrected chi connectivity index (χ2v) is 5.73. The molecule has 0 atom stereocenters. The molecule has 144 valence electrons. The molecule has 0 aromatic heterocycles. The van der Waals surface area contributed by atoms with Gasteiger partial charge in [0.05, 0.1) is 11.5 Å². The van der Waals surface area contributed by atoms with Gasteiger partial charge in [-0.05, 0) is 44.3 Å². The first-order valence-corrected chi connectivity index (χ1v) is 9.14. The monoisotopic (exact) mass is 360 g/mol. The van der Waals surface area contributed by atoms with Crippen LogP contribution in [-0.4, -0.2) is 21.3 Å². The number of rotatable bonds is 14. The fourth-order valence-electron chi connectivity index (χ4n) is 1.94. The summed E-state index contributed by atoms with van der Waals surface area (Å²) in [6.07, 6.45) is 23.8. The van der Waals surface area contributed by atoms with Crippen LogP contribution >= 0.6 is 0 Å². The van der Waals surface area contributed by atoms with E-state index in [0.29, 0.717) is 43.6 Å². The molecule has 0 spiro atoms. The molecule has 0 heterocycles. The van der Waals surface area contributed by atoms with Crippen molar-refractivity contribution in [2.75, 3.05) is 0 Å². The van der Waals surface area contributed by atoms with Crippen molar-refractivity contribution in [2.45, 2.75) is 58.3 Å². The number of carboxylic acid groups (broad SMARTS) is 1. The number of hydrogen-bond acceptors (Lipinski definition) is 3. The molecule has 3 N–H and O–H groups in total. The molecule has 4 nitrogen and oxygen atoms in total. The summed E-state index contributed by atoms with van der Waals surface area (Å²) in [5.74, 6) is -0.0880. The van der Waals surface area contributed by atoms with Gasteiger partial charge in [0.15, 0.2) is 0 Å². The number of carboxylic acids is 1. The van der Waals surface area contributed by atoms with E-state index in [1.165, 1.54) is 0 Å². The summed E-state index contributed by atoms with van der Waals surface area (Å²) in [7, 11) is 0. The number of aliphatic hydroxyl groups is 2. The molecule has 0 unspecified atom stereocenters. The van der Waals surface area contributed by atoms with E-state index in [4.69, 9.17) is 5.11 Å². The highest BCUT2D eigenvalue weighted by atomic mass is 16.4. The number of carbonyl (C=O) groups is 1. The van der Waals surface area contributed by atoms with Crippen LogP contribution in [0, 0.1) is 0 Å². The number of aliphatic hydroxyl groups excluding tert-OH is 2. The summed E-state index contributed by atoms with van der Waals surface area (Å²) in [5, 5.41) is 27.9. The third-order valence-corrected chi connectivity index (χ3v) is 3.33. The second-order valence-electron chi connectivity index (χ2n) is 5.73. The maximum absolute atomic E-state index is 10.3. The van der Waals surface area contributed by atoms with E-state index in [9.17, 15) is 15.0 Å². The van der Waals surface area contributed by atoms with Gasteiger partial charge in [-0.25, -0.2) is 0 Å². The van der Waals surface area contributed by atoms with Crippen molar-refractivity contribution in [3.63, 3.8) is 0 Å². The molecule has 0 amide bonds. The highest BCUT2D eigenvalue weighted by molar-refractivity contribution is 5.66. The first-order valence-electron chi connectivity index (χ1n) is 9.14. The quantitative estimate of drug-likeness (QED) is 0.250. The largest absolute Gasteiger partial charge is 0.512 e. The van der Waals surface area contributed by atoms with E-state index < -0.39 is 5.97 Å². The molecule has 0 rings (SSSR count). The summed E-state index contributed by atoms with van der Waals surface area (Å²) in [4.78, 5) is 10.3. The van der Waals surface area contributed by atoms with Gasteiger partial charge < -0.3 is 15.3 Å². The van der Waals surface area contributed by atoms with Gasteiger partial charge in [-0.3, -0.25) is 4.79 Å². The maximum atomic E-state index is 10.3. The molecule has 0 aliphatic carbocycles. The fraction of sp³-hybridized carbons (Fsp3) is 0.409. The van der Waals surface area contributed by atoms with Crippen molar-refractivity contribution in [1.82, 2.24) is 0 Å². The molecule has 0 saturated heterocycles. The number of allylic oxidation sites excluding steroid dienone is 10. The van der Waals surface area contributed by atoms with Gasteiger partial charge >= 0.3 is 5.97 Å². The summed E-state index contributed by atoms with van der Waals surface area (Å²) in [5.41, 5.74) is 0. The molecule has 0 saturated carbocycles. The average molecular weight is 360 g/mol. The Morgan fingerprint density at radius 2 is 1.19 bits per heavy atom. The average Bonchev–Trinajstić information content (AvgIpc) is 2.60. The van der Waals surface area contributed by atoms with Gasteiger partial charge in [0.25, 0.3) is 0 Å². The Morgan fingerprint density at radius 3 is 1.73 bits per heavy atom. The lowest BCUT2D eigenvalue weighted by molar-refractivity contribution is -0.136. The van der Waals surface area contributed by atoms with Crippen LogP contribution in [-0.2, 0) is 4.79 Å². The lowest BCUT2D eigenvalue weighted by Crippen LogP contribution is -1.91. The first kappa shape index (κ1) is 23.5. The van der Waals surface area contributed by atoms with Crippen LogP contribution in [0.5, 0.6) is 0 Å². The van der Waals surface area contributed by atoms with Crippen LogP contribution in [0.3, 0.4) is 0 Å². The second kappa shape index (κ2) is 17.3. The lowest BCUT2D eigenvalue weighted by atomic mass is 10.2. The van der Waals surface area contributed by atoms with Gasteiger partial charge in [-0.15, -0.1) is 0 Å². The smallest absolute Gasteiger partial charge is 0.303 e. The number of hydrogen-bond donors (Lipinski definition) is 3. The van der Waals surface area contributed by atoms with Gasteiger partial charge in [-0.2, -0.15) is 0 Å². The molecule has 0 radical (unpaired) electrons. The van der Waals surface area contributed by atoms with Crippen LogP contribution in [0.2, 0.25) is 0 Å². The normalized spacial score (nSPS) is 13.7. The van der Waals surface area contributed by atoms with E-state index >= 15 is 0 Å². The Hall–Kier alpha value is -2.49. The van der Waals surface area contributed by atoms with Crippen molar-refractivity contribution in [2.24, 2.45) is 0 Å². The van der Waals surface area contributed by atoms with Crippen molar-refractivity contribution < 1.29 is 20.1 Å². The van der Waals surface area contributed by atoms with Gasteiger partial charge in [0.2, 0.25) is 0 Å². The molecular formula is C22H32O4. The Bertz CT molecular complexity index is 548. The van der Waals surface area contributed by atoms with Gasteiger partial charge in [0.1, 0.15) is 0 Å². The van der Waals surface area contributed by atoms with E-state index in [-0.39, 0.29) is 6.42 Å². The van der Waals surface area contributed by atoms with E-state index in [1.807, 2.05) is 48.6 Å². The standard InChI is InChI=1S/C22H32O4/c1-2-3-10-15-20(23)17-12-8-9-13-18-21(24)16-11-6-4-5-7-14-19-22(25)26/h3,5-11,17-18,23-24H,2,4,12-16,19H2,1H3,(H,25,26)/b7-5-,9-8-,10-3-,11-6-,20-17-,21-18-. The molecular weight excluding hydrogens is 328 g/mol. The van der Waals surface area contributed by atoms with Crippen LogP contribution in [0.25, 0.3) is 0 Å². The summed E-state index contributed by atoms with van der Waals surface area (Å²) in [6, 6.07) is 0. The fourth-order valence-corrected chi connectivity index (χ4v) is 1.94. The van der Waals surface area contributed by atoms with Crippen molar-refractivity contribution in [1.29, 1.82) is 0 Å². The first-order chi connectivity index (χ1) is 12.6. The summed E-state index contributed by atoms with van der Waals surface area (Å²) >= 11 is 0. The van der Waals surface area contributed by atoms with E-state index in [2.05, 4.69) is 6.92 Å². The highest BCUT2D eigenvalue weighted by Gasteiger charge is 1.91.